The molecule has 12 nitrogen and oxygen atoms in total. The van der Waals surface area contributed by atoms with Crippen LogP contribution in [0.4, 0.5) is 0 Å². The highest BCUT2D eigenvalue weighted by molar-refractivity contribution is 6.08. The predicted octanol–water partition coefficient (Wildman–Crippen LogP) is 12.9. The number of benzene rings is 5. The summed E-state index contributed by atoms with van der Waals surface area (Å²) in [5.41, 5.74) is 1.95. The fourth-order valence-electron chi connectivity index (χ4n) is 10.8. The quantitative estimate of drug-likeness (QED) is 0.124. The van der Waals surface area contributed by atoms with Crippen LogP contribution in [-0.4, -0.2) is 93.3 Å². The summed E-state index contributed by atoms with van der Waals surface area (Å²) in [6.07, 6.45) is 10.3. The van der Waals surface area contributed by atoms with E-state index in [1.165, 1.54) is 25.5 Å². The molecule has 6 bridgehead atoms. The molecule has 9 aliphatic heterocycles. The van der Waals surface area contributed by atoms with Gasteiger partial charge in [-0.3, -0.25) is 43.5 Å². The number of amides is 6. The van der Waals surface area contributed by atoms with Gasteiger partial charge >= 0.3 is 0 Å². The maximum absolute atomic E-state index is 12.4. The van der Waals surface area contributed by atoms with Gasteiger partial charge in [-0.1, -0.05) is 265 Å². The molecular weight excluding hydrogens is 1000 g/mol. The fourth-order valence-corrected chi connectivity index (χ4v) is 10.8. The molecule has 0 radical (unpaired) electrons. The van der Waals surface area contributed by atoms with Crippen molar-refractivity contribution in [3.63, 3.8) is 0 Å². The van der Waals surface area contributed by atoms with E-state index in [-0.39, 0.29) is 108 Å². The van der Waals surface area contributed by atoms with Crippen LogP contribution in [0.1, 0.15) is 101 Å². The molecule has 14 rings (SSSR count). The van der Waals surface area contributed by atoms with Gasteiger partial charge in [-0.25, -0.2) is 0 Å². The molecule has 6 amide bonds. The third-order valence-corrected chi connectivity index (χ3v) is 14.0. The first kappa shape index (κ1) is 65.4. The Kier molecular flexibility index (Phi) is 27.4. The fraction of sp³-hybridized carbons (Fsp3) is 0.412. The van der Waals surface area contributed by atoms with Gasteiger partial charge in [0.2, 0.25) is 35.4 Å². The molecule has 0 aromatic heterocycles. The molecule has 80 heavy (non-hydrogen) atoms. The molecular formula is C68H87N3O9. The number of carbonyl (C=O) groups is 6. The van der Waals surface area contributed by atoms with Crippen molar-refractivity contribution in [3.8, 4) is 0 Å². The summed E-state index contributed by atoms with van der Waals surface area (Å²) in [5.74, 6) is -2.14. The lowest BCUT2D eigenvalue weighted by molar-refractivity contribution is -0.144. The largest absolute Gasteiger partial charge is 0.365 e. The summed E-state index contributed by atoms with van der Waals surface area (Å²) in [5, 5.41) is 2.62. The third kappa shape index (κ3) is 14.6. The van der Waals surface area contributed by atoms with Gasteiger partial charge in [0.15, 0.2) is 0 Å². The smallest absolute Gasteiger partial charge is 0.236 e. The van der Waals surface area contributed by atoms with Crippen molar-refractivity contribution in [2.24, 2.45) is 35.5 Å². The van der Waals surface area contributed by atoms with E-state index in [9.17, 15) is 28.8 Å². The lowest BCUT2D eigenvalue weighted by Gasteiger charge is -2.17. The van der Waals surface area contributed by atoms with Crippen molar-refractivity contribution >= 4 is 46.2 Å². The summed E-state index contributed by atoms with van der Waals surface area (Å²) < 4.78 is 16.7. The Hall–Kier alpha value is -7.12. The maximum Gasteiger partial charge on any atom is 0.236 e. The second kappa shape index (κ2) is 33.5. The van der Waals surface area contributed by atoms with E-state index >= 15 is 0 Å². The van der Waals surface area contributed by atoms with Crippen LogP contribution in [0.2, 0.25) is 0 Å². The molecule has 428 valence electrons. The second-order valence-corrected chi connectivity index (χ2v) is 17.9. The Balaban J connectivity index is 0.000000212. The number of carbonyl (C=O) groups excluding carboxylic acids is 6. The van der Waals surface area contributed by atoms with Crippen LogP contribution >= 0.6 is 0 Å². The van der Waals surface area contributed by atoms with Crippen LogP contribution in [0.3, 0.4) is 0 Å². The molecule has 9 heterocycles. The Morgan fingerprint density at radius 2 is 0.475 bits per heavy atom. The molecule has 0 N–H and O–H groups in total. The van der Waals surface area contributed by atoms with Crippen molar-refractivity contribution in [2.45, 2.75) is 140 Å². The molecule has 0 aliphatic carbocycles. The van der Waals surface area contributed by atoms with E-state index in [0.717, 1.165) is 11.1 Å². The highest BCUT2D eigenvalue weighted by Crippen LogP contribution is 2.47. The van der Waals surface area contributed by atoms with E-state index in [4.69, 9.17) is 14.2 Å². The Bertz CT molecular complexity index is 2510. The molecule has 9 aliphatic rings. The average Bonchev–Trinajstić information content (AvgIpc) is 4.55. The minimum atomic E-state index is -0.300. The van der Waals surface area contributed by atoms with Crippen LogP contribution < -0.4 is 0 Å². The summed E-state index contributed by atoms with van der Waals surface area (Å²) in [7, 11) is 0. The lowest BCUT2D eigenvalue weighted by atomic mass is 9.85. The zero-order valence-electron chi connectivity index (χ0n) is 49.4. The number of imide groups is 3. The van der Waals surface area contributed by atoms with E-state index in [2.05, 4.69) is 48.5 Å². The summed E-state index contributed by atoms with van der Waals surface area (Å²) in [6.45, 7) is 27.0. The Labute approximate surface area is 476 Å². The lowest BCUT2D eigenvalue weighted by Crippen LogP contribution is -2.34. The molecule has 5 aromatic rings. The zero-order chi connectivity index (χ0) is 58.9. The van der Waals surface area contributed by atoms with Gasteiger partial charge < -0.3 is 14.2 Å². The number of hydrogen-bond donors (Lipinski definition) is 0. The van der Waals surface area contributed by atoms with Crippen molar-refractivity contribution in [3.05, 3.63) is 193 Å². The van der Waals surface area contributed by atoms with Gasteiger partial charge in [0, 0.05) is 6.54 Å². The Morgan fingerprint density at radius 1 is 0.287 bits per heavy atom. The highest BCUT2D eigenvalue weighted by Gasteiger charge is 2.62. The number of nitrogens with zero attached hydrogens (tertiary/aromatic N) is 3. The number of fused-ring (bicyclic) bond motifs is 16. The summed E-state index contributed by atoms with van der Waals surface area (Å²) in [4.78, 5) is 77.3. The maximum atomic E-state index is 12.4. The van der Waals surface area contributed by atoms with Gasteiger partial charge in [0.1, 0.15) is 0 Å². The topological polar surface area (TPSA) is 140 Å². The van der Waals surface area contributed by atoms with Gasteiger partial charge in [-0.05, 0) is 28.8 Å². The number of ether oxygens (including phenoxy) is 3. The standard InChI is InChI=1S/2C15H13NO3.C10H11NO3.C10H8.C6H6.6C2H6/c2*17-14-12-10-6-7-11(19-10)13(12)15(18)16(14)8-9-4-2-1-3-5-9;1-2-11-9(12)7-5-3-4-6(14-5)8(7)10(11)13;1-2-6-10-8-4-3-7-9(10)5-1;1-2-4-6-5-3-1;6*1-2/h2*1-7,10-13H,8H2;3-8H,2H2,1H3;1-8H;1-6H;6*1-2H3. The Morgan fingerprint density at radius 3 is 0.688 bits per heavy atom. The first-order valence-electron chi connectivity index (χ1n) is 29.3. The van der Waals surface area contributed by atoms with Crippen LogP contribution in [0.5, 0.6) is 0 Å². The van der Waals surface area contributed by atoms with Crippen LogP contribution in [-0.2, 0) is 56.1 Å². The molecule has 0 spiro atoms. The zero-order valence-corrected chi connectivity index (χ0v) is 49.4. The van der Waals surface area contributed by atoms with E-state index < -0.39 is 0 Å². The van der Waals surface area contributed by atoms with Crippen molar-refractivity contribution < 1.29 is 43.0 Å². The summed E-state index contributed by atoms with van der Waals surface area (Å²) >= 11 is 0. The highest BCUT2D eigenvalue weighted by atomic mass is 16.5. The number of likely N-dealkylation sites (tertiary alicyclic amines) is 3. The van der Waals surface area contributed by atoms with Gasteiger partial charge in [-0.15, -0.1) is 0 Å². The predicted molar refractivity (Wildman–Crippen MR) is 319 cm³/mol. The normalized spacial score (nSPS) is 26.7. The summed E-state index contributed by atoms with van der Waals surface area (Å²) in [6, 6.07) is 47.9. The van der Waals surface area contributed by atoms with Crippen LogP contribution in [0, 0.1) is 35.5 Å². The number of hydrogen-bond acceptors (Lipinski definition) is 9. The molecule has 6 saturated heterocycles. The first-order valence-corrected chi connectivity index (χ1v) is 29.3. The second-order valence-electron chi connectivity index (χ2n) is 17.9. The van der Waals surface area contributed by atoms with Crippen LogP contribution in [0.25, 0.3) is 10.8 Å². The van der Waals surface area contributed by atoms with E-state index in [1.54, 1.807) is 0 Å². The average molecular weight is 1090 g/mol. The molecule has 6 fully saturated rings. The third-order valence-electron chi connectivity index (χ3n) is 14.0. The first-order chi connectivity index (χ1) is 39.2. The van der Waals surface area contributed by atoms with Crippen LogP contribution in [0.15, 0.2) is 182 Å². The molecule has 0 saturated carbocycles. The van der Waals surface area contributed by atoms with Gasteiger partial charge in [-0.2, -0.15) is 0 Å². The minimum absolute atomic E-state index is 0.0562. The monoisotopic (exact) mass is 1090 g/mol. The van der Waals surface area contributed by atoms with Crippen molar-refractivity contribution in [1.82, 2.24) is 14.7 Å². The molecule has 12 heteroatoms. The van der Waals surface area contributed by atoms with Crippen molar-refractivity contribution in [1.29, 1.82) is 0 Å². The SMILES string of the molecule is CC.CC.CC.CC.CC.CC.CCN1C(=O)C2C3C=CC(O3)C2C1=O.O=C1C2C3C=CC(O3)C2C(=O)N1Cc1ccccc1.O=C1C2C3C=CC(O3)C2C(=O)N1Cc1ccccc1.c1ccc2ccccc2c1.c1ccccc1. The van der Waals surface area contributed by atoms with E-state index in [0.29, 0.717) is 19.6 Å². The van der Waals surface area contributed by atoms with E-state index in [1.807, 2.05) is 224 Å². The molecule has 12 atom stereocenters. The minimum Gasteiger partial charge on any atom is -0.365 e. The van der Waals surface area contributed by atoms with Crippen molar-refractivity contribution in [2.75, 3.05) is 6.54 Å². The molecule has 5 aromatic carbocycles. The number of rotatable bonds is 5. The van der Waals surface area contributed by atoms with Gasteiger partial charge in [0.25, 0.3) is 0 Å². The van der Waals surface area contributed by atoms with Gasteiger partial charge in [0.05, 0.1) is 85.2 Å². The molecule has 12 unspecified atom stereocenters.